The van der Waals surface area contributed by atoms with Crippen LogP contribution in [-0.2, 0) is 17.6 Å². The van der Waals surface area contributed by atoms with Crippen LogP contribution in [0.4, 0.5) is 14.6 Å². The molecule has 34 heavy (non-hydrogen) atoms. The first kappa shape index (κ1) is 24.1. The molecule has 4 rings (SSSR count). The van der Waals surface area contributed by atoms with Crippen LogP contribution in [0.2, 0.25) is 0 Å². The fraction of sp³-hybridized carbons (Fsp3) is 0.480. The van der Waals surface area contributed by atoms with Crippen molar-refractivity contribution >= 4 is 17.7 Å². The Hall–Kier alpha value is -3.07. The van der Waals surface area contributed by atoms with Crippen LogP contribution in [0.1, 0.15) is 40.9 Å². The van der Waals surface area contributed by atoms with Crippen LogP contribution in [-0.4, -0.2) is 65.0 Å². The van der Waals surface area contributed by atoms with Gasteiger partial charge in [-0.25, -0.2) is 18.6 Å². The predicted molar refractivity (Wildman–Crippen MR) is 124 cm³/mol. The van der Waals surface area contributed by atoms with Crippen LogP contribution in [0.3, 0.4) is 0 Å². The van der Waals surface area contributed by atoms with Crippen molar-refractivity contribution in [2.75, 3.05) is 31.5 Å². The molecular weight excluding hydrogens is 442 g/mol. The molecule has 0 radical (unpaired) electrons. The second-order valence-corrected chi connectivity index (χ2v) is 9.09. The molecule has 0 bridgehead atoms. The quantitative estimate of drug-likeness (QED) is 0.519. The number of halogens is 2. The van der Waals surface area contributed by atoms with E-state index in [-0.39, 0.29) is 19.5 Å². The molecule has 1 saturated heterocycles. The molecule has 3 N–H and O–H groups in total. The average Bonchev–Trinajstić information content (AvgIpc) is 3.13. The number of aromatic nitrogens is 1. The predicted octanol–water partition coefficient (Wildman–Crippen LogP) is 3.21. The van der Waals surface area contributed by atoms with Crippen LogP contribution in [0.25, 0.3) is 0 Å². The van der Waals surface area contributed by atoms with Crippen molar-refractivity contribution in [3.05, 3.63) is 59.3 Å². The number of likely N-dealkylation sites (tertiary alicyclic amines) is 1. The van der Waals surface area contributed by atoms with E-state index in [0.717, 1.165) is 30.9 Å². The van der Waals surface area contributed by atoms with Gasteiger partial charge in [0.05, 0.1) is 6.54 Å². The van der Waals surface area contributed by atoms with Crippen LogP contribution >= 0.6 is 0 Å². The number of hydrogen-bond acceptors (Lipinski definition) is 5. The Bertz CT molecular complexity index is 1020. The van der Waals surface area contributed by atoms with Crippen molar-refractivity contribution in [2.45, 2.75) is 44.1 Å². The van der Waals surface area contributed by atoms with Gasteiger partial charge < -0.3 is 15.7 Å². The SMILES string of the molecule is O=C(N[C@@H](CCN1CC(CCc2ccc3c(n2)NCCC3)C(F)(F)C1)C(=O)O)c1ccccc1. The maximum atomic E-state index is 14.7. The summed E-state index contributed by atoms with van der Waals surface area (Å²) in [6.45, 7) is 0.826. The zero-order valence-electron chi connectivity index (χ0n) is 19.0. The average molecular weight is 473 g/mol. The number of benzene rings is 1. The van der Waals surface area contributed by atoms with E-state index in [0.29, 0.717) is 18.4 Å². The van der Waals surface area contributed by atoms with Gasteiger partial charge in [0.2, 0.25) is 0 Å². The Labute approximate surface area is 197 Å². The van der Waals surface area contributed by atoms with E-state index < -0.39 is 36.3 Å². The Morgan fingerprint density at radius 2 is 2.03 bits per heavy atom. The van der Waals surface area contributed by atoms with Crippen LogP contribution in [0, 0.1) is 5.92 Å². The standard InChI is InChI=1S/C25H30F2N4O3/c26-25(27)16-31(14-12-21(24(33)34)30-23(32)18-5-2-1-3-6-18)15-19(25)9-11-20-10-8-17-7-4-13-28-22(17)29-20/h1-3,5-6,8,10,19,21H,4,7,9,11-16H2,(H,28,29)(H,30,32)(H,33,34)/t19?,21-/m0/s1. The summed E-state index contributed by atoms with van der Waals surface area (Å²) < 4.78 is 29.4. The number of rotatable bonds is 9. The van der Waals surface area contributed by atoms with Gasteiger partial charge in [-0.15, -0.1) is 0 Å². The fourth-order valence-corrected chi connectivity index (χ4v) is 4.64. The van der Waals surface area contributed by atoms with E-state index in [4.69, 9.17) is 0 Å². The molecule has 9 heteroatoms. The highest BCUT2D eigenvalue weighted by Crippen LogP contribution is 2.36. The number of hydrogen-bond donors (Lipinski definition) is 3. The molecule has 0 aliphatic carbocycles. The van der Waals surface area contributed by atoms with E-state index in [9.17, 15) is 23.5 Å². The molecule has 1 unspecified atom stereocenters. The van der Waals surface area contributed by atoms with Gasteiger partial charge in [-0.1, -0.05) is 24.3 Å². The molecule has 2 aliphatic rings. The molecule has 1 amide bonds. The second kappa shape index (κ2) is 10.5. The molecule has 1 aromatic heterocycles. The highest BCUT2D eigenvalue weighted by atomic mass is 19.3. The minimum Gasteiger partial charge on any atom is -0.480 e. The Morgan fingerprint density at radius 3 is 2.79 bits per heavy atom. The van der Waals surface area contributed by atoms with Crippen LogP contribution < -0.4 is 10.6 Å². The van der Waals surface area contributed by atoms with Gasteiger partial charge in [0, 0.05) is 36.8 Å². The van der Waals surface area contributed by atoms with Gasteiger partial charge in [-0.05, 0) is 55.9 Å². The van der Waals surface area contributed by atoms with Crippen molar-refractivity contribution < 1.29 is 23.5 Å². The third-order valence-electron chi connectivity index (χ3n) is 6.58. The van der Waals surface area contributed by atoms with Crippen molar-refractivity contribution in [2.24, 2.45) is 5.92 Å². The smallest absolute Gasteiger partial charge is 0.326 e. The number of amides is 1. The summed E-state index contributed by atoms with van der Waals surface area (Å²) in [5.41, 5.74) is 2.32. The largest absolute Gasteiger partial charge is 0.480 e. The lowest BCUT2D eigenvalue weighted by molar-refractivity contribution is -0.139. The summed E-state index contributed by atoms with van der Waals surface area (Å²) >= 11 is 0. The summed E-state index contributed by atoms with van der Waals surface area (Å²) in [5, 5.41) is 15.3. The molecule has 7 nitrogen and oxygen atoms in total. The number of anilines is 1. The number of carboxylic acids is 1. The number of nitrogens with zero attached hydrogens (tertiary/aromatic N) is 2. The molecular formula is C25H30F2N4O3. The molecule has 3 heterocycles. The highest BCUT2D eigenvalue weighted by molar-refractivity contribution is 5.96. The minimum atomic E-state index is -2.85. The van der Waals surface area contributed by atoms with Gasteiger partial charge in [0.1, 0.15) is 11.9 Å². The van der Waals surface area contributed by atoms with E-state index in [1.165, 1.54) is 5.56 Å². The summed E-state index contributed by atoms with van der Waals surface area (Å²) in [6.07, 6.45) is 2.87. The maximum Gasteiger partial charge on any atom is 0.326 e. The Morgan fingerprint density at radius 1 is 1.24 bits per heavy atom. The van der Waals surface area contributed by atoms with E-state index in [1.807, 2.05) is 12.1 Å². The Kier molecular flexibility index (Phi) is 7.41. The van der Waals surface area contributed by atoms with Crippen LogP contribution in [0.15, 0.2) is 42.5 Å². The van der Waals surface area contributed by atoms with Crippen molar-refractivity contribution in [1.82, 2.24) is 15.2 Å². The number of carbonyl (C=O) groups excluding carboxylic acids is 1. The van der Waals surface area contributed by atoms with Gasteiger partial charge in [0.25, 0.3) is 11.8 Å². The summed E-state index contributed by atoms with van der Waals surface area (Å²) in [4.78, 5) is 30.1. The van der Waals surface area contributed by atoms with Crippen molar-refractivity contribution in [3.63, 3.8) is 0 Å². The third kappa shape index (κ3) is 5.88. The number of alkyl halides is 2. The number of nitrogens with one attached hydrogen (secondary N) is 2. The number of carbonyl (C=O) groups is 2. The van der Waals surface area contributed by atoms with Crippen LogP contribution in [0.5, 0.6) is 0 Å². The van der Waals surface area contributed by atoms with Crippen molar-refractivity contribution in [3.8, 4) is 0 Å². The van der Waals surface area contributed by atoms with E-state index in [2.05, 4.69) is 15.6 Å². The third-order valence-corrected chi connectivity index (χ3v) is 6.58. The Balaban J connectivity index is 1.29. The number of pyridine rings is 1. The molecule has 2 atom stereocenters. The topological polar surface area (TPSA) is 94.6 Å². The molecule has 1 fully saturated rings. The fourth-order valence-electron chi connectivity index (χ4n) is 4.64. The summed E-state index contributed by atoms with van der Waals surface area (Å²) in [7, 11) is 0. The second-order valence-electron chi connectivity index (χ2n) is 9.09. The molecule has 0 spiro atoms. The summed E-state index contributed by atoms with van der Waals surface area (Å²) in [6, 6.07) is 11.1. The maximum absolute atomic E-state index is 14.7. The van der Waals surface area contributed by atoms with Gasteiger partial charge in [-0.2, -0.15) is 0 Å². The lowest BCUT2D eigenvalue weighted by Gasteiger charge is -2.19. The molecule has 0 saturated carbocycles. The number of aliphatic carboxylic acids is 1. The van der Waals surface area contributed by atoms with Gasteiger partial charge >= 0.3 is 5.97 Å². The molecule has 2 aliphatic heterocycles. The highest BCUT2D eigenvalue weighted by Gasteiger charge is 2.47. The summed E-state index contributed by atoms with van der Waals surface area (Å²) in [5.74, 6) is -4.48. The zero-order chi connectivity index (χ0) is 24.1. The van der Waals surface area contributed by atoms with Crippen molar-refractivity contribution in [1.29, 1.82) is 0 Å². The number of aryl methyl sites for hydroxylation is 2. The van der Waals surface area contributed by atoms with E-state index >= 15 is 0 Å². The van der Waals surface area contributed by atoms with Gasteiger partial charge in [0.15, 0.2) is 0 Å². The lowest BCUT2D eigenvalue weighted by Crippen LogP contribution is -2.43. The number of fused-ring (bicyclic) bond motifs is 1. The molecule has 1 aromatic carbocycles. The van der Waals surface area contributed by atoms with E-state index in [1.54, 1.807) is 35.2 Å². The first-order valence-corrected chi connectivity index (χ1v) is 11.7. The monoisotopic (exact) mass is 472 g/mol. The first-order chi connectivity index (χ1) is 16.3. The van der Waals surface area contributed by atoms with Gasteiger partial charge in [-0.3, -0.25) is 9.69 Å². The number of carboxylic acid groups (broad SMARTS) is 1. The molecule has 2 aromatic rings. The first-order valence-electron chi connectivity index (χ1n) is 11.7. The molecule has 182 valence electrons. The zero-order valence-corrected chi connectivity index (χ0v) is 19.0. The normalized spacial score (nSPS) is 20.2. The lowest BCUT2D eigenvalue weighted by atomic mass is 9.97. The minimum absolute atomic E-state index is 0.0504.